The fraction of sp³-hybridized carbons (Fsp3) is 0.250. The molecule has 0 radical (unpaired) electrons. The molecular weight excluding hydrogens is 378 g/mol. The number of carbonyl (C=O) groups excluding carboxylic acids is 1. The monoisotopic (exact) mass is 403 g/mol. The van der Waals surface area contributed by atoms with Crippen LogP contribution in [-0.2, 0) is 11.3 Å². The highest BCUT2D eigenvalue weighted by Crippen LogP contribution is 2.30. The SMILES string of the molecule is O=C(Nc1ccccc1Oc1cccnc1)C1CCCN(Cc2ccccc2O)C1. The first-order valence-corrected chi connectivity index (χ1v) is 10.2. The van der Waals surface area contributed by atoms with Crippen LogP contribution in [0.4, 0.5) is 5.69 Å². The zero-order valence-electron chi connectivity index (χ0n) is 16.7. The molecule has 6 heteroatoms. The minimum absolute atomic E-state index is 0.0146. The lowest BCUT2D eigenvalue weighted by atomic mass is 9.96. The first-order chi connectivity index (χ1) is 14.7. The number of phenols is 1. The lowest BCUT2D eigenvalue weighted by Gasteiger charge is -2.32. The number of aromatic nitrogens is 1. The number of benzene rings is 2. The van der Waals surface area contributed by atoms with Crippen LogP contribution in [0.25, 0.3) is 0 Å². The normalized spacial score (nSPS) is 16.7. The van der Waals surface area contributed by atoms with Crippen LogP contribution in [0.1, 0.15) is 18.4 Å². The van der Waals surface area contributed by atoms with Crippen molar-refractivity contribution >= 4 is 11.6 Å². The van der Waals surface area contributed by atoms with Gasteiger partial charge in [-0.1, -0.05) is 30.3 Å². The fourth-order valence-electron chi connectivity index (χ4n) is 3.73. The summed E-state index contributed by atoms with van der Waals surface area (Å²) >= 11 is 0. The van der Waals surface area contributed by atoms with Crippen molar-refractivity contribution in [1.29, 1.82) is 0 Å². The van der Waals surface area contributed by atoms with Crippen LogP contribution in [0.15, 0.2) is 73.1 Å². The van der Waals surface area contributed by atoms with Gasteiger partial charge in [0.1, 0.15) is 11.5 Å². The predicted molar refractivity (Wildman–Crippen MR) is 115 cm³/mol. The standard InChI is InChI=1S/C24H25N3O3/c28-22-11-3-1-7-18(22)16-27-14-6-8-19(17-27)24(29)26-21-10-2-4-12-23(21)30-20-9-5-13-25-15-20/h1-5,7,9-13,15,19,28H,6,8,14,16-17H2,(H,26,29). The highest BCUT2D eigenvalue weighted by Gasteiger charge is 2.26. The van der Waals surface area contributed by atoms with Crippen LogP contribution < -0.4 is 10.1 Å². The van der Waals surface area contributed by atoms with Gasteiger partial charge in [-0.05, 0) is 49.7 Å². The van der Waals surface area contributed by atoms with Crippen LogP contribution in [0.5, 0.6) is 17.2 Å². The van der Waals surface area contributed by atoms with Crippen molar-refractivity contribution in [2.24, 2.45) is 5.92 Å². The minimum atomic E-state index is -0.115. The zero-order valence-corrected chi connectivity index (χ0v) is 16.7. The maximum absolute atomic E-state index is 13.0. The molecule has 1 unspecified atom stereocenters. The third-order valence-corrected chi connectivity index (χ3v) is 5.27. The lowest BCUT2D eigenvalue weighted by Crippen LogP contribution is -2.40. The smallest absolute Gasteiger partial charge is 0.228 e. The average Bonchev–Trinajstić information content (AvgIpc) is 2.78. The number of ether oxygens (including phenoxy) is 1. The van der Waals surface area contributed by atoms with Crippen LogP contribution >= 0.6 is 0 Å². The van der Waals surface area contributed by atoms with Crippen molar-refractivity contribution in [3.63, 3.8) is 0 Å². The molecule has 2 aromatic carbocycles. The largest absolute Gasteiger partial charge is 0.508 e. The quantitative estimate of drug-likeness (QED) is 0.637. The van der Waals surface area contributed by atoms with Gasteiger partial charge in [0.05, 0.1) is 17.8 Å². The second-order valence-corrected chi connectivity index (χ2v) is 7.48. The van der Waals surface area contributed by atoms with E-state index in [1.165, 1.54) is 0 Å². The van der Waals surface area contributed by atoms with Crippen molar-refractivity contribution in [1.82, 2.24) is 9.88 Å². The van der Waals surface area contributed by atoms with E-state index in [0.717, 1.165) is 24.9 Å². The van der Waals surface area contributed by atoms with Gasteiger partial charge in [-0.2, -0.15) is 0 Å². The first-order valence-electron chi connectivity index (χ1n) is 10.2. The van der Waals surface area contributed by atoms with E-state index in [2.05, 4.69) is 15.2 Å². The van der Waals surface area contributed by atoms with Crippen molar-refractivity contribution < 1.29 is 14.6 Å². The summed E-state index contributed by atoms with van der Waals surface area (Å²) in [6.07, 6.45) is 5.11. The molecule has 0 spiro atoms. The molecule has 154 valence electrons. The number of hydrogen-bond acceptors (Lipinski definition) is 5. The Kier molecular flexibility index (Phi) is 6.25. The zero-order chi connectivity index (χ0) is 20.8. The summed E-state index contributed by atoms with van der Waals surface area (Å²) in [4.78, 5) is 19.3. The van der Waals surface area contributed by atoms with E-state index in [1.54, 1.807) is 24.5 Å². The number of phenolic OH excluding ortho intramolecular Hbond substituents is 1. The van der Waals surface area contributed by atoms with Crippen LogP contribution in [-0.4, -0.2) is 34.0 Å². The molecule has 1 fully saturated rings. The van der Waals surface area contributed by atoms with Crippen molar-refractivity contribution in [2.75, 3.05) is 18.4 Å². The molecule has 0 saturated carbocycles. The molecule has 1 saturated heterocycles. The van der Waals surface area contributed by atoms with Gasteiger partial charge in [0.15, 0.2) is 5.75 Å². The summed E-state index contributed by atoms with van der Waals surface area (Å²) in [5.74, 6) is 1.37. The second-order valence-electron chi connectivity index (χ2n) is 7.48. The number of nitrogens with one attached hydrogen (secondary N) is 1. The van der Waals surface area contributed by atoms with E-state index in [0.29, 0.717) is 36.0 Å². The molecule has 1 atom stereocenters. The Morgan fingerprint density at radius 2 is 1.97 bits per heavy atom. The molecule has 4 rings (SSSR count). The van der Waals surface area contributed by atoms with Gasteiger partial charge in [0, 0.05) is 24.8 Å². The molecule has 1 amide bonds. The number of pyridine rings is 1. The van der Waals surface area contributed by atoms with Crippen LogP contribution in [0, 0.1) is 5.92 Å². The molecule has 2 heterocycles. The van der Waals surface area contributed by atoms with Gasteiger partial charge in [0.25, 0.3) is 0 Å². The molecule has 0 aliphatic carbocycles. The topological polar surface area (TPSA) is 74.7 Å². The average molecular weight is 403 g/mol. The van der Waals surface area contributed by atoms with Crippen LogP contribution in [0.3, 0.4) is 0 Å². The predicted octanol–water partition coefficient (Wildman–Crippen LogP) is 4.43. The van der Waals surface area contributed by atoms with E-state index in [9.17, 15) is 9.90 Å². The summed E-state index contributed by atoms with van der Waals surface area (Å²) in [6, 6.07) is 18.4. The summed E-state index contributed by atoms with van der Waals surface area (Å²) in [6.45, 7) is 2.21. The summed E-state index contributed by atoms with van der Waals surface area (Å²) < 4.78 is 5.90. The lowest BCUT2D eigenvalue weighted by molar-refractivity contribution is -0.121. The number of rotatable bonds is 6. The molecule has 0 bridgehead atoms. The number of aromatic hydroxyl groups is 1. The van der Waals surface area contributed by atoms with Crippen molar-refractivity contribution in [3.8, 4) is 17.2 Å². The molecule has 1 aliphatic rings. The summed E-state index contributed by atoms with van der Waals surface area (Å²) in [7, 11) is 0. The molecule has 1 aromatic heterocycles. The molecule has 6 nitrogen and oxygen atoms in total. The van der Waals surface area contributed by atoms with Gasteiger partial charge in [-0.25, -0.2) is 0 Å². The van der Waals surface area contributed by atoms with Gasteiger partial charge >= 0.3 is 0 Å². The first kappa shape index (κ1) is 19.9. The number of amides is 1. The number of para-hydroxylation sites is 3. The Hall–Kier alpha value is -3.38. The second kappa shape index (κ2) is 9.41. The maximum atomic E-state index is 13.0. The van der Waals surface area contributed by atoms with Gasteiger partial charge in [-0.15, -0.1) is 0 Å². The summed E-state index contributed by atoms with van der Waals surface area (Å²) in [5, 5.41) is 13.1. The molecule has 30 heavy (non-hydrogen) atoms. The van der Waals surface area contributed by atoms with Crippen molar-refractivity contribution in [3.05, 3.63) is 78.6 Å². The Bertz CT molecular complexity index is 994. The molecule has 1 aliphatic heterocycles. The van der Waals surface area contributed by atoms with E-state index < -0.39 is 0 Å². The Labute approximate surface area is 176 Å². The Balaban J connectivity index is 1.41. The minimum Gasteiger partial charge on any atom is -0.508 e. The van der Waals surface area contributed by atoms with E-state index >= 15 is 0 Å². The van der Waals surface area contributed by atoms with Crippen LogP contribution in [0.2, 0.25) is 0 Å². The number of likely N-dealkylation sites (tertiary alicyclic amines) is 1. The van der Waals surface area contributed by atoms with Crippen molar-refractivity contribution in [2.45, 2.75) is 19.4 Å². The fourth-order valence-corrected chi connectivity index (χ4v) is 3.73. The number of carbonyl (C=O) groups is 1. The number of anilines is 1. The maximum Gasteiger partial charge on any atom is 0.228 e. The Morgan fingerprint density at radius 1 is 1.13 bits per heavy atom. The van der Waals surface area contributed by atoms with E-state index in [1.807, 2.05) is 48.5 Å². The van der Waals surface area contributed by atoms with E-state index in [4.69, 9.17) is 4.74 Å². The molecular formula is C24H25N3O3. The third kappa shape index (κ3) is 4.96. The molecule has 3 aromatic rings. The van der Waals surface area contributed by atoms with E-state index in [-0.39, 0.29) is 11.8 Å². The number of hydrogen-bond donors (Lipinski definition) is 2. The highest BCUT2D eigenvalue weighted by molar-refractivity contribution is 5.94. The van der Waals surface area contributed by atoms with Gasteiger partial charge < -0.3 is 15.2 Å². The summed E-state index contributed by atoms with van der Waals surface area (Å²) in [5.41, 5.74) is 1.53. The van der Waals surface area contributed by atoms with Gasteiger partial charge in [-0.3, -0.25) is 14.7 Å². The Morgan fingerprint density at radius 3 is 2.80 bits per heavy atom. The van der Waals surface area contributed by atoms with Gasteiger partial charge in [0.2, 0.25) is 5.91 Å². The number of nitrogens with zero attached hydrogens (tertiary/aromatic N) is 2. The number of piperidine rings is 1. The molecule has 2 N–H and O–H groups in total. The highest BCUT2D eigenvalue weighted by atomic mass is 16.5. The third-order valence-electron chi connectivity index (χ3n) is 5.27.